The van der Waals surface area contributed by atoms with E-state index in [1.54, 1.807) is 0 Å². The minimum Gasteiger partial charge on any atom is -0.361 e. The molecule has 0 aliphatic carbocycles. The molecule has 23 heavy (non-hydrogen) atoms. The Morgan fingerprint density at radius 3 is 2.96 bits per heavy atom. The van der Waals surface area contributed by atoms with Crippen molar-refractivity contribution in [2.24, 2.45) is 5.92 Å². The lowest BCUT2D eigenvalue weighted by atomic mass is 9.93. The third-order valence-corrected chi connectivity index (χ3v) is 5.29. The fourth-order valence-electron chi connectivity index (χ4n) is 3.95. The van der Waals surface area contributed by atoms with Crippen LogP contribution in [0.4, 0.5) is 5.82 Å². The standard InChI is InChI=1S/C18H19N5/c1-22-9-14-10-23(11-17(14)22)18-8-19-7-16(21-18)12-2-3-15-13(6-12)4-5-20-15/h2-8,14,17,20H,9-11H2,1H3/t14-,17-/m1/s1. The van der Waals surface area contributed by atoms with Crippen LogP contribution in [0.15, 0.2) is 42.9 Å². The largest absolute Gasteiger partial charge is 0.361 e. The molecule has 2 atom stereocenters. The first-order valence-corrected chi connectivity index (χ1v) is 8.13. The summed E-state index contributed by atoms with van der Waals surface area (Å²) in [5.74, 6) is 1.79. The Balaban J connectivity index is 1.48. The third kappa shape index (κ3) is 2.04. The molecular weight excluding hydrogens is 286 g/mol. The second-order valence-electron chi connectivity index (χ2n) is 6.71. The number of likely N-dealkylation sites (tertiary alicyclic amines) is 1. The normalized spacial score (nSPS) is 24.0. The highest BCUT2D eigenvalue weighted by molar-refractivity contribution is 5.84. The van der Waals surface area contributed by atoms with Crippen LogP contribution in [0.1, 0.15) is 0 Å². The van der Waals surface area contributed by atoms with Gasteiger partial charge in [0.25, 0.3) is 0 Å². The topological polar surface area (TPSA) is 48.0 Å². The summed E-state index contributed by atoms with van der Waals surface area (Å²) >= 11 is 0. The van der Waals surface area contributed by atoms with Gasteiger partial charge in [-0.2, -0.15) is 0 Å². The van der Waals surface area contributed by atoms with Gasteiger partial charge >= 0.3 is 0 Å². The molecule has 1 N–H and O–H groups in total. The van der Waals surface area contributed by atoms with E-state index in [4.69, 9.17) is 4.98 Å². The molecular formula is C18H19N5. The van der Waals surface area contributed by atoms with Gasteiger partial charge in [0.15, 0.2) is 0 Å². The smallest absolute Gasteiger partial charge is 0.147 e. The van der Waals surface area contributed by atoms with Crippen LogP contribution in [-0.2, 0) is 0 Å². The summed E-state index contributed by atoms with van der Waals surface area (Å²) < 4.78 is 0. The molecule has 2 fully saturated rings. The lowest BCUT2D eigenvalue weighted by molar-refractivity contribution is 0.0827. The molecule has 4 heterocycles. The Morgan fingerprint density at radius 1 is 1.13 bits per heavy atom. The molecule has 3 aromatic rings. The minimum atomic E-state index is 0.691. The van der Waals surface area contributed by atoms with Crippen molar-refractivity contribution in [2.75, 3.05) is 31.6 Å². The number of benzene rings is 1. The van der Waals surface area contributed by atoms with E-state index in [1.807, 2.05) is 18.6 Å². The molecule has 2 aliphatic rings. The molecule has 0 saturated carbocycles. The molecule has 0 spiro atoms. The highest BCUT2D eigenvalue weighted by Crippen LogP contribution is 2.33. The predicted molar refractivity (Wildman–Crippen MR) is 91.4 cm³/mol. The van der Waals surface area contributed by atoms with Crippen molar-refractivity contribution in [1.82, 2.24) is 19.9 Å². The quantitative estimate of drug-likeness (QED) is 0.790. The highest BCUT2D eigenvalue weighted by Gasteiger charge is 2.43. The second kappa shape index (κ2) is 4.80. The molecule has 5 nitrogen and oxygen atoms in total. The number of H-pyrrole nitrogens is 1. The fourth-order valence-corrected chi connectivity index (χ4v) is 3.95. The van der Waals surface area contributed by atoms with E-state index in [0.29, 0.717) is 6.04 Å². The van der Waals surface area contributed by atoms with E-state index in [9.17, 15) is 0 Å². The van der Waals surface area contributed by atoms with Crippen LogP contribution in [0.25, 0.3) is 22.2 Å². The number of fused-ring (bicyclic) bond motifs is 2. The van der Waals surface area contributed by atoms with Crippen molar-refractivity contribution in [3.63, 3.8) is 0 Å². The molecule has 5 rings (SSSR count). The second-order valence-corrected chi connectivity index (χ2v) is 6.71. The molecule has 2 saturated heterocycles. The molecule has 0 amide bonds. The van der Waals surface area contributed by atoms with E-state index in [-0.39, 0.29) is 0 Å². The maximum absolute atomic E-state index is 4.87. The minimum absolute atomic E-state index is 0.691. The number of hydrogen-bond acceptors (Lipinski definition) is 4. The zero-order chi connectivity index (χ0) is 15.4. The summed E-state index contributed by atoms with van der Waals surface area (Å²) in [4.78, 5) is 17.3. The van der Waals surface area contributed by atoms with E-state index in [2.05, 4.69) is 51.1 Å². The van der Waals surface area contributed by atoms with E-state index < -0.39 is 0 Å². The van der Waals surface area contributed by atoms with Gasteiger partial charge in [0.2, 0.25) is 0 Å². The Bertz CT molecular complexity index is 870. The number of hydrogen-bond donors (Lipinski definition) is 1. The molecule has 5 heteroatoms. The summed E-state index contributed by atoms with van der Waals surface area (Å²) in [6, 6.07) is 9.15. The van der Waals surface area contributed by atoms with Crippen molar-refractivity contribution in [3.05, 3.63) is 42.9 Å². The van der Waals surface area contributed by atoms with Crippen molar-refractivity contribution >= 4 is 16.7 Å². The van der Waals surface area contributed by atoms with Crippen molar-refractivity contribution in [2.45, 2.75) is 6.04 Å². The van der Waals surface area contributed by atoms with Gasteiger partial charge in [-0.25, -0.2) is 4.98 Å². The van der Waals surface area contributed by atoms with Crippen molar-refractivity contribution < 1.29 is 0 Å². The first-order chi connectivity index (χ1) is 11.3. The monoisotopic (exact) mass is 305 g/mol. The Kier molecular flexibility index (Phi) is 2.73. The Morgan fingerprint density at radius 2 is 2.09 bits per heavy atom. The SMILES string of the molecule is CN1C[C@@H]2CN(c3cncc(-c4ccc5[nH]ccc5c4)n3)C[C@H]21. The average molecular weight is 305 g/mol. The van der Waals surface area contributed by atoms with Crippen LogP contribution in [0.5, 0.6) is 0 Å². The van der Waals surface area contributed by atoms with Crippen LogP contribution < -0.4 is 4.90 Å². The van der Waals surface area contributed by atoms with Gasteiger partial charge in [0.1, 0.15) is 5.82 Å². The highest BCUT2D eigenvalue weighted by atomic mass is 15.3. The molecule has 0 bridgehead atoms. The van der Waals surface area contributed by atoms with Crippen LogP contribution >= 0.6 is 0 Å². The molecule has 116 valence electrons. The van der Waals surface area contributed by atoms with Crippen molar-refractivity contribution in [3.8, 4) is 11.3 Å². The zero-order valence-electron chi connectivity index (χ0n) is 13.1. The number of nitrogens with zero attached hydrogens (tertiary/aromatic N) is 4. The van der Waals surface area contributed by atoms with E-state index in [1.165, 1.54) is 11.9 Å². The van der Waals surface area contributed by atoms with E-state index >= 15 is 0 Å². The average Bonchev–Trinajstić information content (AvgIpc) is 3.18. The first kappa shape index (κ1) is 13.1. The lowest BCUT2D eigenvalue weighted by Crippen LogP contribution is -2.52. The van der Waals surface area contributed by atoms with Gasteiger partial charge in [-0.05, 0) is 25.2 Å². The summed E-state index contributed by atoms with van der Waals surface area (Å²) in [6.45, 7) is 3.37. The molecule has 2 aromatic heterocycles. The van der Waals surface area contributed by atoms with Gasteiger partial charge < -0.3 is 14.8 Å². The maximum atomic E-state index is 4.87. The summed E-state index contributed by atoms with van der Waals surface area (Å²) in [6.07, 6.45) is 5.71. The summed E-state index contributed by atoms with van der Waals surface area (Å²) in [7, 11) is 2.21. The van der Waals surface area contributed by atoms with Gasteiger partial charge in [0.05, 0.1) is 18.1 Å². The number of nitrogens with one attached hydrogen (secondary N) is 1. The van der Waals surface area contributed by atoms with Gasteiger partial charge in [0, 0.05) is 54.3 Å². The summed E-state index contributed by atoms with van der Waals surface area (Å²) in [5.41, 5.74) is 3.21. The number of aromatic amines is 1. The van der Waals surface area contributed by atoms with Gasteiger partial charge in [-0.1, -0.05) is 6.07 Å². The van der Waals surface area contributed by atoms with Crippen LogP contribution in [0, 0.1) is 5.92 Å². The predicted octanol–water partition coefficient (Wildman–Crippen LogP) is 2.38. The summed E-state index contributed by atoms with van der Waals surface area (Å²) in [5, 5.41) is 1.20. The van der Waals surface area contributed by atoms with Crippen LogP contribution in [0.3, 0.4) is 0 Å². The number of anilines is 1. The molecule has 2 aliphatic heterocycles. The van der Waals surface area contributed by atoms with Crippen LogP contribution in [0.2, 0.25) is 0 Å². The Hall–Kier alpha value is -2.40. The van der Waals surface area contributed by atoms with Crippen molar-refractivity contribution in [1.29, 1.82) is 0 Å². The molecule has 1 aromatic carbocycles. The third-order valence-electron chi connectivity index (χ3n) is 5.29. The number of likely N-dealkylation sites (N-methyl/N-ethyl adjacent to an activating group) is 1. The molecule has 0 unspecified atom stereocenters. The number of aromatic nitrogens is 3. The number of rotatable bonds is 2. The first-order valence-electron chi connectivity index (χ1n) is 8.13. The lowest BCUT2D eigenvalue weighted by Gasteiger charge is -2.40. The zero-order valence-corrected chi connectivity index (χ0v) is 13.1. The fraction of sp³-hybridized carbons (Fsp3) is 0.333. The Labute approximate surface area is 135 Å². The van der Waals surface area contributed by atoms with Gasteiger partial charge in [-0.3, -0.25) is 4.98 Å². The molecule has 0 radical (unpaired) electrons. The van der Waals surface area contributed by atoms with Gasteiger partial charge in [-0.15, -0.1) is 0 Å². The van der Waals surface area contributed by atoms with Crippen LogP contribution in [-0.4, -0.2) is 52.6 Å². The maximum Gasteiger partial charge on any atom is 0.147 e. The van der Waals surface area contributed by atoms with E-state index in [0.717, 1.165) is 41.6 Å².